The van der Waals surface area contributed by atoms with Gasteiger partial charge in [0.05, 0.1) is 23.9 Å². The molecule has 11 atom stereocenters. The average molecular weight is 561 g/mol. The van der Waals surface area contributed by atoms with E-state index in [4.69, 9.17) is 18.9 Å². The molecule has 0 radical (unpaired) electrons. The van der Waals surface area contributed by atoms with Gasteiger partial charge in [0.15, 0.2) is 6.29 Å². The van der Waals surface area contributed by atoms with Crippen molar-refractivity contribution in [3.63, 3.8) is 0 Å². The zero-order valence-corrected chi connectivity index (χ0v) is 26.5. The predicted octanol–water partition coefficient (Wildman–Crippen LogP) is 7.37. The maximum Gasteiger partial charge on any atom is 0.520 e. The summed E-state index contributed by atoms with van der Waals surface area (Å²) >= 11 is 3.61. The van der Waals surface area contributed by atoms with Crippen LogP contribution >= 0.6 is 12.9 Å². The summed E-state index contributed by atoms with van der Waals surface area (Å²) in [6.07, 6.45) is 2.72. The predicted molar refractivity (Wildman–Crippen MR) is 155 cm³/mol. The van der Waals surface area contributed by atoms with Crippen molar-refractivity contribution < 1.29 is 33.0 Å². The molecule has 7 nitrogen and oxygen atoms in total. The summed E-state index contributed by atoms with van der Waals surface area (Å²) in [5.41, 5.74) is 0.282. The molecular weight excluding hydrogens is 504 g/mol. The third-order valence-electron chi connectivity index (χ3n) is 8.79. The number of rotatable bonds is 10. The summed E-state index contributed by atoms with van der Waals surface area (Å²) in [4.78, 5) is 12.1. The molecular formula is C30H56O7S. The molecule has 0 aromatic heterocycles. The monoisotopic (exact) mass is 560 g/mol. The van der Waals surface area contributed by atoms with Gasteiger partial charge in [-0.2, -0.15) is 0 Å². The van der Waals surface area contributed by atoms with Crippen LogP contribution in [0.4, 0.5) is 4.79 Å². The van der Waals surface area contributed by atoms with Crippen molar-refractivity contribution >= 4 is 19.1 Å². The van der Waals surface area contributed by atoms with E-state index in [0.29, 0.717) is 6.42 Å². The Morgan fingerprint density at radius 3 is 2.37 bits per heavy atom. The fourth-order valence-corrected chi connectivity index (χ4v) is 6.27. The van der Waals surface area contributed by atoms with E-state index in [1.807, 2.05) is 27.7 Å². The van der Waals surface area contributed by atoms with Crippen molar-refractivity contribution in [3.05, 3.63) is 12.2 Å². The highest BCUT2D eigenvalue weighted by atomic mass is 32.1. The molecule has 1 fully saturated rings. The Kier molecular flexibility index (Phi) is 15.3. The SMILES string of the molecule is C=C1C(C)C(OC(=O)OS)[C@@H](C)C(O)C(C)CC(CC)[C@@H](OC(C)OC(C)CCCC)[C@](C)(OC)C[C@H]1C. The number of hydrogen-bond donors (Lipinski definition) is 2. The minimum atomic E-state index is -0.881. The van der Waals surface area contributed by atoms with Crippen LogP contribution in [0.3, 0.4) is 0 Å². The summed E-state index contributed by atoms with van der Waals surface area (Å²) in [7, 11) is 1.73. The second-order valence-electron chi connectivity index (χ2n) is 11.9. The third-order valence-corrected chi connectivity index (χ3v) is 8.94. The first-order chi connectivity index (χ1) is 17.8. The van der Waals surface area contributed by atoms with Crippen molar-refractivity contribution in [1.29, 1.82) is 0 Å². The number of carbonyl (C=O) groups is 1. The summed E-state index contributed by atoms with van der Waals surface area (Å²) in [6.45, 7) is 23.0. The number of ether oxygens (including phenoxy) is 4. The first kappa shape index (κ1) is 35.2. The van der Waals surface area contributed by atoms with Crippen molar-refractivity contribution in [2.45, 2.75) is 137 Å². The van der Waals surface area contributed by atoms with Gasteiger partial charge in [-0.25, -0.2) is 4.79 Å². The Bertz CT molecular complexity index is 719. The highest BCUT2D eigenvalue weighted by molar-refractivity contribution is 7.75. The van der Waals surface area contributed by atoms with Gasteiger partial charge in [0.2, 0.25) is 0 Å². The molecule has 7 unspecified atom stereocenters. The van der Waals surface area contributed by atoms with E-state index in [2.05, 4.69) is 58.3 Å². The quantitative estimate of drug-likeness (QED) is 0.0949. The lowest BCUT2D eigenvalue weighted by molar-refractivity contribution is -0.243. The maximum atomic E-state index is 12.1. The number of aliphatic hydroxyl groups is 1. The Morgan fingerprint density at radius 2 is 1.84 bits per heavy atom. The number of carbonyl (C=O) groups excluding carboxylic acids is 1. The molecule has 0 aliphatic heterocycles. The molecule has 1 aliphatic rings. The molecule has 1 N–H and O–H groups in total. The third kappa shape index (κ3) is 9.69. The van der Waals surface area contributed by atoms with Crippen LogP contribution < -0.4 is 0 Å². The minimum Gasteiger partial charge on any atom is -0.429 e. The van der Waals surface area contributed by atoms with Crippen molar-refractivity contribution in [2.24, 2.45) is 29.6 Å². The average Bonchev–Trinajstić information content (AvgIpc) is 2.89. The topological polar surface area (TPSA) is 83.5 Å². The van der Waals surface area contributed by atoms with Gasteiger partial charge in [-0.3, -0.25) is 0 Å². The standard InChI is InChI=1S/C30H56O7S/c1-12-14-15-20(5)34-24(9)35-28-25(13-2)16-18(3)26(31)23(8)27(36-29(32)37-38)22(7)21(6)19(4)17-30(28,10)33-11/h18-20,22-28,31,38H,6,12-17H2,1-5,7-11H3/t18?,19-,20?,22?,23+,24?,25?,26?,27?,28-,30-/m1/s1. The van der Waals surface area contributed by atoms with Gasteiger partial charge in [0.1, 0.15) is 6.10 Å². The van der Waals surface area contributed by atoms with E-state index in [1.165, 1.54) is 0 Å². The molecule has 0 heterocycles. The van der Waals surface area contributed by atoms with Crippen molar-refractivity contribution in [3.8, 4) is 0 Å². The number of unbranched alkanes of at least 4 members (excludes halogenated alkanes) is 1. The summed E-state index contributed by atoms with van der Waals surface area (Å²) in [5.74, 6) is -0.524. The number of methoxy groups -OCH3 is 1. The van der Waals surface area contributed by atoms with Crippen molar-refractivity contribution in [1.82, 2.24) is 0 Å². The van der Waals surface area contributed by atoms with Gasteiger partial charge < -0.3 is 28.2 Å². The summed E-state index contributed by atoms with van der Waals surface area (Å²) in [6, 6.07) is 0. The van der Waals surface area contributed by atoms with Crippen LogP contribution in [0.2, 0.25) is 0 Å². The zero-order valence-electron chi connectivity index (χ0n) is 25.6. The minimum absolute atomic E-state index is 0.0255. The van der Waals surface area contributed by atoms with Crippen LogP contribution in [0.15, 0.2) is 12.2 Å². The number of hydrogen-bond acceptors (Lipinski definition) is 8. The smallest absolute Gasteiger partial charge is 0.429 e. The summed E-state index contributed by atoms with van der Waals surface area (Å²) < 4.78 is 29.3. The molecule has 0 amide bonds. The molecule has 0 bridgehead atoms. The number of thiol groups is 1. The van der Waals surface area contributed by atoms with Gasteiger partial charge in [-0.1, -0.05) is 73.0 Å². The lowest BCUT2D eigenvalue weighted by Crippen LogP contribution is -2.52. The van der Waals surface area contributed by atoms with Crippen LogP contribution in [-0.2, 0) is 23.1 Å². The highest BCUT2D eigenvalue weighted by Gasteiger charge is 2.46. The molecule has 1 saturated carbocycles. The first-order valence-electron chi connectivity index (χ1n) is 14.5. The maximum absolute atomic E-state index is 12.1. The lowest BCUT2D eigenvalue weighted by Gasteiger charge is -2.46. The zero-order chi connectivity index (χ0) is 29.2. The second kappa shape index (κ2) is 16.5. The Labute approximate surface area is 238 Å². The molecule has 8 heteroatoms. The van der Waals surface area contributed by atoms with Gasteiger partial charge in [-0.15, -0.1) is 0 Å². The van der Waals surface area contributed by atoms with E-state index in [0.717, 1.165) is 37.7 Å². The summed E-state index contributed by atoms with van der Waals surface area (Å²) in [5, 5.41) is 11.4. The molecule has 0 spiro atoms. The molecule has 1 rings (SSSR count). The van der Waals surface area contributed by atoms with E-state index < -0.39 is 30.3 Å². The second-order valence-corrected chi connectivity index (χ2v) is 12.0. The van der Waals surface area contributed by atoms with Crippen LogP contribution in [0, 0.1) is 29.6 Å². The van der Waals surface area contributed by atoms with Crippen molar-refractivity contribution in [2.75, 3.05) is 7.11 Å². The van der Waals surface area contributed by atoms with E-state index in [9.17, 15) is 9.90 Å². The Balaban J connectivity index is 3.43. The molecule has 0 aromatic carbocycles. The molecule has 0 aromatic rings. The van der Waals surface area contributed by atoms with E-state index >= 15 is 0 Å². The molecule has 1 aliphatic carbocycles. The van der Waals surface area contributed by atoms with Crippen LogP contribution in [0.5, 0.6) is 0 Å². The van der Waals surface area contributed by atoms with Crippen LogP contribution in [-0.4, -0.2) is 54.7 Å². The molecule has 38 heavy (non-hydrogen) atoms. The normalized spacial score (nSPS) is 37.0. The molecule has 224 valence electrons. The fraction of sp³-hybridized carbons (Fsp3) is 0.900. The van der Waals surface area contributed by atoms with E-state index in [-0.39, 0.29) is 41.8 Å². The van der Waals surface area contributed by atoms with Gasteiger partial charge >= 0.3 is 6.16 Å². The first-order valence-corrected chi connectivity index (χ1v) is 14.9. The lowest BCUT2D eigenvalue weighted by atomic mass is 9.70. The van der Waals surface area contributed by atoms with Gasteiger partial charge in [0.25, 0.3) is 0 Å². The van der Waals surface area contributed by atoms with E-state index in [1.54, 1.807) is 7.11 Å². The molecule has 0 saturated heterocycles. The Morgan fingerprint density at radius 1 is 1.21 bits per heavy atom. The van der Waals surface area contributed by atoms with Gasteiger partial charge in [-0.05, 0) is 57.8 Å². The van der Waals surface area contributed by atoms with Crippen LogP contribution in [0.1, 0.15) is 101 Å². The number of aliphatic hydroxyl groups excluding tert-OH is 1. The van der Waals surface area contributed by atoms with Crippen LogP contribution in [0.25, 0.3) is 0 Å². The van der Waals surface area contributed by atoms with Gasteiger partial charge in [0, 0.05) is 31.9 Å². The highest BCUT2D eigenvalue weighted by Crippen LogP contribution is 2.42. The Hall–Kier alpha value is -0.800. The fourth-order valence-electron chi connectivity index (χ4n) is 6.22. The largest absolute Gasteiger partial charge is 0.520 e.